The summed E-state index contributed by atoms with van der Waals surface area (Å²) in [6, 6.07) is 13.7. The number of amides is 1. The number of carbonyl (C=O) groups is 2. The Kier molecular flexibility index (Phi) is 7.08. The fourth-order valence-electron chi connectivity index (χ4n) is 2.80. The lowest BCUT2D eigenvalue weighted by atomic mass is 10.0. The lowest BCUT2D eigenvalue weighted by Gasteiger charge is -2.09. The van der Waals surface area contributed by atoms with Crippen LogP contribution in [0.4, 0.5) is 4.39 Å². The molecule has 0 bridgehead atoms. The number of aromatic nitrogens is 1. The van der Waals surface area contributed by atoms with E-state index in [1.165, 1.54) is 23.7 Å². The van der Waals surface area contributed by atoms with Gasteiger partial charge in [0.05, 0.1) is 12.0 Å². The van der Waals surface area contributed by atoms with Crippen molar-refractivity contribution in [2.75, 3.05) is 6.54 Å². The van der Waals surface area contributed by atoms with E-state index >= 15 is 0 Å². The summed E-state index contributed by atoms with van der Waals surface area (Å²) in [5, 5.41) is 2.58. The minimum absolute atomic E-state index is 0.00825. The molecule has 2 aromatic carbocycles. The highest BCUT2D eigenvalue weighted by Crippen LogP contribution is 2.28. The summed E-state index contributed by atoms with van der Waals surface area (Å²) in [7, 11) is 0. The van der Waals surface area contributed by atoms with Crippen molar-refractivity contribution in [1.82, 2.24) is 9.69 Å². The zero-order valence-electron chi connectivity index (χ0n) is 16.0. The molecule has 29 heavy (non-hydrogen) atoms. The maximum absolute atomic E-state index is 14.2. The van der Waals surface area contributed by atoms with Crippen LogP contribution in [0.5, 0.6) is 0 Å². The Morgan fingerprint density at radius 3 is 2.72 bits per heavy atom. The standard InChI is InChI=1S/C22H21FN2O3S/c1-2-20-18(13-25-29-20)16-8-9-19(23)17(12-16)22(27)24-11-10-21(26)28-14-15-6-4-3-5-7-15/h3-9,12-13H,2,10-11,14H2,1H3,(H,24,27). The zero-order valence-corrected chi connectivity index (χ0v) is 16.8. The van der Waals surface area contributed by atoms with Crippen LogP contribution < -0.4 is 5.32 Å². The summed E-state index contributed by atoms with van der Waals surface area (Å²) in [5.74, 6) is -1.61. The molecule has 0 aliphatic carbocycles. The third-order valence-electron chi connectivity index (χ3n) is 4.35. The second-order valence-electron chi connectivity index (χ2n) is 6.36. The molecule has 0 saturated heterocycles. The minimum atomic E-state index is -0.612. The van der Waals surface area contributed by atoms with E-state index in [4.69, 9.17) is 4.74 Å². The quantitative estimate of drug-likeness (QED) is 0.558. The van der Waals surface area contributed by atoms with Gasteiger partial charge in [0.2, 0.25) is 0 Å². The lowest BCUT2D eigenvalue weighted by molar-refractivity contribution is -0.144. The van der Waals surface area contributed by atoms with Gasteiger partial charge in [-0.3, -0.25) is 9.59 Å². The number of rotatable bonds is 8. The Labute approximate surface area is 172 Å². The number of carbonyl (C=O) groups excluding carboxylic acids is 2. The summed E-state index contributed by atoms with van der Waals surface area (Å²) in [6.07, 6.45) is 2.54. The molecular formula is C22H21FN2O3S. The number of halogens is 1. The van der Waals surface area contributed by atoms with E-state index < -0.39 is 17.7 Å². The minimum Gasteiger partial charge on any atom is -0.461 e. The lowest BCUT2D eigenvalue weighted by Crippen LogP contribution is -2.27. The van der Waals surface area contributed by atoms with Crippen molar-refractivity contribution in [3.63, 3.8) is 0 Å². The van der Waals surface area contributed by atoms with Gasteiger partial charge in [0.15, 0.2) is 0 Å². The Balaban J connectivity index is 1.55. The van der Waals surface area contributed by atoms with Crippen molar-refractivity contribution in [3.8, 4) is 11.1 Å². The first-order chi connectivity index (χ1) is 14.1. The first-order valence-corrected chi connectivity index (χ1v) is 10.1. The first kappa shape index (κ1) is 20.7. The van der Waals surface area contributed by atoms with Crippen molar-refractivity contribution >= 4 is 23.4 Å². The van der Waals surface area contributed by atoms with Crippen LogP contribution in [0.3, 0.4) is 0 Å². The molecule has 0 saturated carbocycles. The van der Waals surface area contributed by atoms with Gasteiger partial charge in [0.1, 0.15) is 12.4 Å². The molecule has 0 spiro atoms. The summed E-state index contributed by atoms with van der Waals surface area (Å²) in [6.45, 7) is 2.26. The second kappa shape index (κ2) is 9.93. The van der Waals surface area contributed by atoms with E-state index in [1.807, 2.05) is 37.3 Å². The predicted octanol–water partition coefficient (Wildman–Crippen LogP) is 4.37. The van der Waals surface area contributed by atoms with Crippen LogP contribution in [0.2, 0.25) is 0 Å². The van der Waals surface area contributed by atoms with Crippen LogP contribution in [0.15, 0.2) is 54.7 Å². The van der Waals surface area contributed by atoms with E-state index in [0.717, 1.165) is 28.0 Å². The molecular weight excluding hydrogens is 391 g/mol. The number of esters is 1. The summed E-state index contributed by atoms with van der Waals surface area (Å²) in [4.78, 5) is 25.3. The predicted molar refractivity (Wildman–Crippen MR) is 110 cm³/mol. The van der Waals surface area contributed by atoms with E-state index in [-0.39, 0.29) is 25.1 Å². The maximum atomic E-state index is 14.2. The SMILES string of the molecule is CCc1sncc1-c1ccc(F)c(C(=O)NCCC(=O)OCc2ccccc2)c1. The fourth-order valence-corrected chi connectivity index (χ4v) is 3.49. The largest absolute Gasteiger partial charge is 0.461 e. The number of aryl methyl sites for hydroxylation is 1. The average molecular weight is 412 g/mol. The van der Waals surface area contributed by atoms with Crippen molar-refractivity contribution in [1.29, 1.82) is 0 Å². The second-order valence-corrected chi connectivity index (χ2v) is 7.25. The number of hydrogen-bond donors (Lipinski definition) is 1. The van der Waals surface area contributed by atoms with E-state index in [2.05, 4.69) is 9.69 Å². The molecule has 0 atom stereocenters. The van der Waals surface area contributed by atoms with Crippen molar-refractivity contribution in [3.05, 3.63) is 76.5 Å². The van der Waals surface area contributed by atoms with Crippen LogP contribution in [-0.4, -0.2) is 22.8 Å². The molecule has 0 aliphatic rings. The normalized spacial score (nSPS) is 10.6. The first-order valence-electron chi connectivity index (χ1n) is 9.29. The van der Waals surface area contributed by atoms with Crippen LogP contribution in [0.1, 0.15) is 34.1 Å². The number of nitrogens with one attached hydrogen (secondary N) is 1. The number of ether oxygens (including phenoxy) is 1. The molecule has 5 nitrogen and oxygen atoms in total. The monoisotopic (exact) mass is 412 g/mol. The molecule has 1 heterocycles. The van der Waals surface area contributed by atoms with Gasteiger partial charge >= 0.3 is 5.97 Å². The Hall–Kier alpha value is -3.06. The van der Waals surface area contributed by atoms with Gasteiger partial charge in [-0.2, -0.15) is 0 Å². The molecule has 3 rings (SSSR count). The molecule has 150 valence electrons. The topological polar surface area (TPSA) is 68.3 Å². The highest BCUT2D eigenvalue weighted by molar-refractivity contribution is 7.06. The molecule has 1 aromatic heterocycles. The summed E-state index contributed by atoms with van der Waals surface area (Å²) < 4.78 is 23.5. The molecule has 1 amide bonds. The number of benzene rings is 2. The molecule has 7 heteroatoms. The van der Waals surface area contributed by atoms with Crippen LogP contribution >= 0.6 is 11.5 Å². The Morgan fingerprint density at radius 1 is 1.17 bits per heavy atom. The van der Waals surface area contributed by atoms with Crippen LogP contribution in [0.25, 0.3) is 11.1 Å². The van der Waals surface area contributed by atoms with Gasteiger partial charge in [-0.1, -0.05) is 43.3 Å². The number of hydrogen-bond acceptors (Lipinski definition) is 5. The zero-order chi connectivity index (χ0) is 20.6. The van der Waals surface area contributed by atoms with Crippen molar-refractivity contribution in [2.24, 2.45) is 0 Å². The van der Waals surface area contributed by atoms with E-state index in [9.17, 15) is 14.0 Å². The van der Waals surface area contributed by atoms with Crippen molar-refractivity contribution in [2.45, 2.75) is 26.4 Å². The maximum Gasteiger partial charge on any atom is 0.307 e. The van der Waals surface area contributed by atoms with Gasteiger partial charge in [0.25, 0.3) is 5.91 Å². The summed E-state index contributed by atoms with van der Waals surface area (Å²) >= 11 is 1.39. The molecule has 0 radical (unpaired) electrons. The highest BCUT2D eigenvalue weighted by Gasteiger charge is 2.15. The van der Waals surface area contributed by atoms with Crippen molar-refractivity contribution < 1.29 is 18.7 Å². The molecule has 3 aromatic rings. The van der Waals surface area contributed by atoms with E-state index in [0.29, 0.717) is 0 Å². The molecule has 0 fully saturated rings. The third-order valence-corrected chi connectivity index (χ3v) is 5.29. The van der Waals surface area contributed by atoms with Gasteiger partial charge in [-0.15, -0.1) is 0 Å². The Morgan fingerprint density at radius 2 is 1.97 bits per heavy atom. The van der Waals surface area contributed by atoms with Gasteiger partial charge < -0.3 is 10.1 Å². The average Bonchev–Trinajstić information content (AvgIpc) is 3.22. The smallest absolute Gasteiger partial charge is 0.307 e. The Bertz CT molecular complexity index is 989. The fraction of sp³-hybridized carbons (Fsp3) is 0.227. The van der Waals surface area contributed by atoms with Gasteiger partial charge in [-0.05, 0) is 41.2 Å². The van der Waals surface area contributed by atoms with Gasteiger partial charge in [0, 0.05) is 23.2 Å². The molecule has 1 N–H and O–H groups in total. The van der Waals surface area contributed by atoms with Crippen LogP contribution in [-0.2, 0) is 22.6 Å². The van der Waals surface area contributed by atoms with Crippen LogP contribution in [0, 0.1) is 5.82 Å². The summed E-state index contributed by atoms with van der Waals surface area (Å²) in [5.41, 5.74) is 2.46. The number of nitrogens with zero attached hydrogens (tertiary/aromatic N) is 1. The molecule has 0 unspecified atom stereocenters. The van der Waals surface area contributed by atoms with Gasteiger partial charge in [-0.25, -0.2) is 8.76 Å². The highest BCUT2D eigenvalue weighted by atomic mass is 32.1. The third kappa shape index (κ3) is 5.48. The molecule has 0 aliphatic heterocycles. The van der Waals surface area contributed by atoms with E-state index in [1.54, 1.807) is 12.3 Å².